The lowest BCUT2D eigenvalue weighted by Gasteiger charge is -2.27. The molecule has 0 aromatic heterocycles. The van der Waals surface area contributed by atoms with E-state index in [2.05, 4.69) is 25.2 Å². The first-order valence-electron chi connectivity index (χ1n) is 8.16. The molecule has 0 spiro atoms. The van der Waals surface area contributed by atoms with Crippen LogP contribution in [0.3, 0.4) is 0 Å². The van der Waals surface area contributed by atoms with Crippen molar-refractivity contribution in [1.82, 2.24) is 5.32 Å². The molecule has 0 aliphatic rings. The number of hydrogen-bond acceptors (Lipinski definition) is 3. The fourth-order valence-electron chi connectivity index (χ4n) is 2.47. The van der Waals surface area contributed by atoms with Gasteiger partial charge < -0.3 is 14.8 Å². The Labute approximate surface area is 134 Å². The number of amides is 1. The third kappa shape index (κ3) is 5.68. The molecule has 0 saturated heterocycles. The molecule has 1 rings (SSSR count). The minimum Gasteiger partial charge on any atom is -0.443 e. The number of hydrogen-bond donors (Lipinski definition) is 1. The zero-order valence-corrected chi connectivity index (χ0v) is 14.2. The van der Waals surface area contributed by atoms with Gasteiger partial charge in [0.1, 0.15) is 12.2 Å². The van der Waals surface area contributed by atoms with Gasteiger partial charge in [0.05, 0.1) is 0 Å². The summed E-state index contributed by atoms with van der Waals surface area (Å²) in [5.74, 6) is 0. The number of ether oxygens (including phenoxy) is 2. The van der Waals surface area contributed by atoms with Crippen LogP contribution in [0.25, 0.3) is 0 Å². The number of benzene rings is 1. The first-order valence-corrected chi connectivity index (χ1v) is 8.16. The molecule has 0 radical (unpaired) electrons. The van der Waals surface area contributed by atoms with Crippen LogP contribution in [-0.2, 0) is 9.47 Å². The van der Waals surface area contributed by atoms with E-state index in [1.165, 1.54) is 0 Å². The van der Waals surface area contributed by atoms with Crippen LogP contribution in [0.2, 0.25) is 0 Å². The fraction of sp³-hybridized carbons (Fsp3) is 0.611. The van der Waals surface area contributed by atoms with E-state index in [0.29, 0.717) is 6.54 Å². The van der Waals surface area contributed by atoms with Gasteiger partial charge in [0.25, 0.3) is 0 Å². The maximum absolute atomic E-state index is 11.9. The van der Waals surface area contributed by atoms with E-state index in [-0.39, 0.29) is 18.3 Å². The van der Waals surface area contributed by atoms with E-state index >= 15 is 0 Å². The molecule has 124 valence electrons. The Kier molecular flexibility index (Phi) is 8.60. The SMILES string of the molecule is CCCCC(OC(=O)NCCC)C(OC)c1ccccc1C. The Bertz CT molecular complexity index is 448. The van der Waals surface area contributed by atoms with Crippen LogP contribution < -0.4 is 5.32 Å². The van der Waals surface area contributed by atoms with E-state index in [4.69, 9.17) is 9.47 Å². The average Bonchev–Trinajstić information content (AvgIpc) is 2.52. The zero-order valence-electron chi connectivity index (χ0n) is 14.2. The highest BCUT2D eigenvalue weighted by Crippen LogP contribution is 2.28. The van der Waals surface area contributed by atoms with E-state index < -0.39 is 0 Å². The van der Waals surface area contributed by atoms with Crippen molar-refractivity contribution in [2.75, 3.05) is 13.7 Å². The molecule has 22 heavy (non-hydrogen) atoms. The maximum atomic E-state index is 11.9. The van der Waals surface area contributed by atoms with E-state index in [1.807, 2.05) is 25.1 Å². The van der Waals surface area contributed by atoms with Crippen LogP contribution in [0.5, 0.6) is 0 Å². The van der Waals surface area contributed by atoms with Crippen LogP contribution in [-0.4, -0.2) is 25.9 Å². The second-order valence-electron chi connectivity index (χ2n) is 5.53. The summed E-state index contributed by atoms with van der Waals surface area (Å²) < 4.78 is 11.3. The van der Waals surface area contributed by atoms with E-state index in [9.17, 15) is 4.79 Å². The predicted octanol–water partition coefficient (Wildman–Crippen LogP) is 4.38. The minimum absolute atomic E-state index is 0.236. The van der Waals surface area contributed by atoms with Gasteiger partial charge in [-0.2, -0.15) is 0 Å². The van der Waals surface area contributed by atoms with Gasteiger partial charge in [-0.15, -0.1) is 0 Å². The molecule has 0 fully saturated rings. The number of alkyl carbamates (subject to hydrolysis) is 1. The molecule has 4 heteroatoms. The number of aryl methyl sites for hydroxylation is 1. The summed E-state index contributed by atoms with van der Waals surface area (Å²) in [5, 5.41) is 2.77. The molecule has 0 saturated carbocycles. The monoisotopic (exact) mass is 307 g/mol. The van der Waals surface area contributed by atoms with Crippen molar-refractivity contribution >= 4 is 6.09 Å². The van der Waals surface area contributed by atoms with Gasteiger partial charge in [0, 0.05) is 13.7 Å². The maximum Gasteiger partial charge on any atom is 0.407 e. The van der Waals surface area contributed by atoms with Gasteiger partial charge >= 0.3 is 6.09 Å². The summed E-state index contributed by atoms with van der Waals surface area (Å²) in [6, 6.07) is 8.08. The van der Waals surface area contributed by atoms with Crippen molar-refractivity contribution in [3.63, 3.8) is 0 Å². The van der Waals surface area contributed by atoms with E-state index in [1.54, 1.807) is 7.11 Å². The third-order valence-corrected chi connectivity index (χ3v) is 3.71. The molecule has 4 nitrogen and oxygen atoms in total. The quantitative estimate of drug-likeness (QED) is 0.736. The average molecular weight is 307 g/mol. The zero-order chi connectivity index (χ0) is 16.4. The molecule has 1 aromatic carbocycles. The lowest BCUT2D eigenvalue weighted by Crippen LogP contribution is -2.33. The van der Waals surface area contributed by atoms with Gasteiger partial charge in [0.2, 0.25) is 0 Å². The summed E-state index contributed by atoms with van der Waals surface area (Å²) in [7, 11) is 1.67. The molecule has 0 aliphatic heterocycles. The fourth-order valence-corrected chi connectivity index (χ4v) is 2.47. The molecule has 1 aromatic rings. The second-order valence-corrected chi connectivity index (χ2v) is 5.53. The Balaban J connectivity index is 2.87. The number of nitrogens with one attached hydrogen (secondary N) is 1. The number of unbranched alkanes of at least 4 members (excludes halogenated alkanes) is 1. The molecule has 0 bridgehead atoms. The van der Waals surface area contributed by atoms with Crippen LogP contribution >= 0.6 is 0 Å². The predicted molar refractivity (Wildman–Crippen MR) is 89.0 cm³/mol. The molecule has 1 N–H and O–H groups in total. The molecule has 2 atom stereocenters. The molecule has 1 amide bonds. The molecule has 0 aliphatic carbocycles. The number of carbonyl (C=O) groups is 1. The molecular weight excluding hydrogens is 278 g/mol. The van der Waals surface area contributed by atoms with Gasteiger partial charge in [-0.1, -0.05) is 44.5 Å². The number of methoxy groups -OCH3 is 1. The Hall–Kier alpha value is -1.55. The number of rotatable bonds is 9. The van der Waals surface area contributed by atoms with Crippen LogP contribution in [0.1, 0.15) is 56.8 Å². The summed E-state index contributed by atoms with van der Waals surface area (Å²) in [4.78, 5) is 11.9. The van der Waals surface area contributed by atoms with Crippen LogP contribution in [0.4, 0.5) is 4.79 Å². The van der Waals surface area contributed by atoms with Crippen LogP contribution in [0, 0.1) is 6.92 Å². The highest BCUT2D eigenvalue weighted by molar-refractivity contribution is 5.67. The van der Waals surface area contributed by atoms with Crippen molar-refractivity contribution in [2.24, 2.45) is 0 Å². The van der Waals surface area contributed by atoms with Crippen molar-refractivity contribution in [2.45, 2.75) is 58.7 Å². The van der Waals surface area contributed by atoms with Crippen LogP contribution in [0.15, 0.2) is 24.3 Å². The third-order valence-electron chi connectivity index (χ3n) is 3.71. The Morgan fingerprint density at radius 1 is 1.23 bits per heavy atom. The van der Waals surface area contributed by atoms with Crippen molar-refractivity contribution in [3.8, 4) is 0 Å². The standard InChI is InChI=1S/C18H29NO3/c1-5-7-12-16(22-18(20)19-13-6-2)17(21-4)15-11-9-8-10-14(15)3/h8-11,16-17H,5-7,12-13H2,1-4H3,(H,19,20). The number of carbonyl (C=O) groups excluding carboxylic acids is 1. The van der Waals surface area contributed by atoms with Gasteiger partial charge in [-0.3, -0.25) is 0 Å². The van der Waals surface area contributed by atoms with E-state index in [0.717, 1.165) is 36.8 Å². The largest absolute Gasteiger partial charge is 0.443 e. The smallest absolute Gasteiger partial charge is 0.407 e. The highest BCUT2D eigenvalue weighted by Gasteiger charge is 2.27. The second kappa shape index (κ2) is 10.2. The van der Waals surface area contributed by atoms with Gasteiger partial charge in [-0.25, -0.2) is 4.79 Å². The first kappa shape index (κ1) is 18.5. The highest BCUT2D eigenvalue weighted by atomic mass is 16.6. The summed E-state index contributed by atoms with van der Waals surface area (Å²) in [6.45, 7) is 6.82. The lowest BCUT2D eigenvalue weighted by molar-refractivity contribution is -0.0286. The van der Waals surface area contributed by atoms with Crippen molar-refractivity contribution in [1.29, 1.82) is 0 Å². The molecule has 0 heterocycles. The summed E-state index contributed by atoms with van der Waals surface area (Å²) in [6.07, 6.45) is 2.86. The first-order chi connectivity index (χ1) is 10.6. The Morgan fingerprint density at radius 2 is 1.95 bits per heavy atom. The summed E-state index contributed by atoms with van der Waals surface area (Å²) in [5.41, 5.74) is 2.22. The molecule has 2 unspecified atom stereocenters. The normalized spacial score (nSPS) is 13.5. The lowest BCUT2D eigenvalue weighted by atomic mass is 9.96. The Morgan fingerprint density at radius 3 is 2.55 bits per heavy atom. The topological polar surface area (TPSA) is 47.6 Å². The van der Waals surface area contributed by atoms with Gasteiger partial charge in [-0.05, 0) is 37.3 Å². The molecular formula is C18H29NO3. The van der Waals surface area contributed by atoms with Crippen molar-refractivity contribution in [3.05, 3.63) is 35.4 Å². The minimum atomic E-state index is -0.362. The summed E-state index contributed by atoms with van der Waals surface area (Å²) >= 11 is 0. The van der Waals surface area contributed by atoms with Gasteiger partial charge in [0.15, 0.2) is 0 Å². The van der Waals surface area contributed by atoms with Crippen molar-refractivity contribution < 1.29 is 14.3 Å².